The largest absolute Gasteiger partial charge is 0.493 e. The topological polar surface area (TPSA) is 47.6 Å². The number of thiophene rings is 1. The monoisotopic (exact) mass is 383 g/mol. The Kier molecular flexibility index (Phi) is 4.58. The van der Waals surface area contributed by atoms with E-state index in [-0.39, 0.29) is 17.6 Å². The van der Waals surface area contributed by atoms with Crippen LogP contribution in [0.2, 0.25) is 0 Å². The minimum atomic E-state index is -0.286. The highest BCUT2D eigenvalue weighted by molar-refractivity contribution is 7.11. The molecule has 4 rings (SSSR count). The Morgan fingerprint density at radius 2 is 1.89 bits per heavy atom. The molecule has 27 heavy (non-hydrogen) atoms. The highest BCUT2D eigenvalue weighted by atomic mass is 32.1. The summed E-state index contributed by atoms with van der Waals surface area (Å²) in [4.78, 5) is 13.5. The number of methoxy groups -OCH3 is 2. The van der Waals surface area contributed by atoms with Gasteiger partial charge in [0.1, 0.15) is 5.82 Å². The standard InChI is InChI=1S/C21H18FNO3S/c1-25-17-5-3-4-14(20(17)26-2)15-10-18(24)23-19-16(11-27-21(15)19)12-6-8-13(22)9-7-12/h3-9,11,15H,10H2,1-2H3,(H,23,24)/t15-/m0/s1. The van der Waals surface area contributed by atoms with Crippen molar-refractivity contribution < 1.29 is 18.7 Å². The van der Waals surface area contributed by atoms with E-state index in [2.05, 4.69) is 5.32 Å². The Balaban J connectivity index is 1.84. The van der Waals surface area contributed by atoms with Crippen molar-refractivity contribution in [1.29, 1.82) is 0 Å². The number of para-hydroxylation sites is 1. The first-order valence-electron chi connectivity index (χ1n) is 8.50. The highest BCUT2D eigenvalue weighted by Crippen LogP contribution is 2.49. The van der Waals surface area contributed by atoms with E-state index >= 15 is 0 Å². The summed E-state index contributed by atoms with van der Waals surface area (Å²) in [6.45, 7) is 0. The molecule has 2 heterocycles. The first kappa shape index (κ1) is 17.5. The third-order valence-corrected chi connectivity index (χ3v) is 5.85. The number of rotatable bonds is 4. The molecule has 1 aliphatic rings. The summed E-state index contributed by atoms with van der Waals surface area (Å²) in [5.41, 5.74) is 3.47. The summed E-state index contributed by atoms with van der Waals surface area (Å²) in [6, 6.07) is 12.0. The molecule has 138 valence electrons. The van der Waals surface area contributed by atoms with Gasteiger partial charge in [-0.3, -0.25) is 4.79 Å². The maximum Gasteiger partial charge on any atom is 0.225 e. The number of hydrogen-bond acceptors (Lipinski definition) is 4. The van der Waals surface area contributed by atoms with Gasteiger partial charge in [0, 0.05) is 33.7 Å². The van der Waals surface area contributed by atoms with Crippen molar-refractivity contribution in [3.8, 4) is 22.6 Å². The molecule has 0 aliphatic carbocycles. The molecule has 1 aliphatic heterocycles. The number of nitrogens with one attached hydrogen (secondary N) is 1. The number of carbonyl (C=O) groups is 1. The number of benzene rings is 2. The summed E-state index contributed by atoms with van der Waals surface area (Å²) in [6.07, 6.45) is 0.333. The summed E-state index contributed by atoms with van der Waals surface area (Å²) in [5.74, 6) is 0.809. The number of amides is 1. The lowest BCUT2D eigenvalue weighted by Crippen LogP contribution is -2.22. The van der Waals surface area contributed by atoms with E-state index in [9.17, 15) is 9.18 Å². The van der Waals surface area contributed by atoms with Crippen LogP contribution in [0.3, 0.4) is 0 Å². The van der Waals surface area contributed by atoms with Crippen LogP contribution >= 0.6 is 11.3 Å². The average molecular weight is 383 g/mol. The molecule has 0 spiro atoms. The molecule has 0 fully saturated rings. The second kappa shape index (κ2) is 7.04. The first-order valence-corrected chi connectivity index (χ1v) is 9.38. The van der Waals surface area contributed by atoms with Gasteiger partial charge in [-0.2, -0.15) is 0 Å². The fraction of sp³-hybridized carbons (Fsp3) is 0.190. The van der Waals surface area contributed by atoms with Gasteiger partial charge in [0.15, 0.2) is 11.5 Å². The van der Waals surface area contributed by atoms with Crippen molar-refractivity contribution in [2.45, 2.75) is 12.3 Å². The molecule has 0 bridgehead atoms. The Morgan fingerprint density at radius 3 is 2.59 bits per heavy atom. The Bertz CT molecular complexity index is 997. The fourth-order valence-corrected chi connectivity index (χ4v) is 4.66. The number of halogens is 1. The van der Waals surface area contributed by atoms with Crippen LogP contribution in [0, 0.1) is 5.82 Å². The molecule has 1 aromatic heterocycles. The van der Waals surface area contributed by atoms with E-state index in [0.717, 1.165) is 27.3 Å². The van der Waals surface area contributed by atoms with Crippen molar-refractivity contribution in [2.75, 3.05) is 19.5 Å². The minimum absolute atomic E-state index is 0.0564. The molecular formula is C21H18FNO3S. The van der Waals surface area contributed by atoms with Crippen LogP contribution in [0.5, 0.6) is 11.5 Å². The molecule has 4 nitrogen and oxygen atoms in total. The van der Waals surface area contributed by atoms with Crippen molar-refractivity contribution in [3.05, 3.63) is 64.1 Å². The van der Waals surface area contributed by atoms with Crippen LogP contribution in [-0.4, -0.2) is 20.1 Å². The summed E-state index contributed by atoms with van der Waals surface area (Å²) < 4.78 is 24.3. The van der Waals surface area contributed by atoms with Gasteiger partial charge in [0.2, 0.25) is 5.91 Å². The molecule has 0 saturated heterocycles. The third kappa shape index (κ3) is 3.06. The maximum absolute atomic E-state index is 13.3. The number of carbonyl (C=O) groups excluding carboxylic acids is 1. The molecule has 1 atom stereocenters. The van der Waals surface area contributed by atoms with Crippen molar-refractivity contribution >= 4 is 22.9 Å². The van der Waals surface area contributed by atoms with E-state index in [1.165, 1.54) is 12.1 Å². The van der Waals surface area contributed by atoms with Crippen LogP contribution < -0.4 is 14.8 Å². The Morgan fingerprint density at radius 1 is 1.11 bits per heavy atom. The Labute approximate surface area is 160 Å². The number of hydrogen-bond donors (Lipinski definition) is 1. The van der Waals surface area contributed by atoms with E-state index in [1.54, 1.807) is 37.7 Å². The van der Waals surface area contributed by atoms with E-state index in [1.807, 2.05) is 23.6 Å². The smallest absolute Gasteiger partial charge is 0.225 e. The van der Waals surface area contributed by atoms with Gasteiger partial charge in [0.05, 0.1) is 19.9 Å². The van der Waals surface area contributed by atoms with Gasteiger partial charge in [-0.15, -0.1) is 11.3 Å². The van der Waals surface area contributed by atoms with E-state index < -0.39 is 0 Å². The van der Waals surface area contributed by atoms with Gasteiger partial charge < -0.3 is 14.8 Å². The van der Waals surface area contributed by atoms with E-state index in [0.29, 0.717) is 17.9 Å². The number of ether oxygens (including phenoxy) is 2. The van der Waals surface area contributed by atoms with Crippen LogP contribution in [0.1, 0.15) is 22.8 Å². The zero-order chi connectivity index (χ0) is 19.0. The zero-order valence-electron chi connectivity index (χ0n) is 14.9. The molecule has 0 radical (unpaired) electrons. The van der Waals surface area contributed by atoms with E-state index in [4.69, 9.17) is 9.47 Å². The van der Waals surface area contributed by atoms with Crippen LogP contribution in [0.4, 0.5) is 10.1 Å². The molecule has 2 aromatic carbocycles. The van der Waals surface area contributed by atoms with Crippen molar-refractivity contribution in [3.63, 3.8) is 0 Å². The molecule has 0 saturated carbocycles. The zero-order valence-corrected chi connectivity index (χ0v) is 15.7. The van der Waals surface area contributed by atoms with Gasteiger partial charge in [-0.05, 0) is 23.8 Å². The quantitative estimate of drug-likeness (QED) is 0.686. The Hall–Kier alpha value is -2.86. The predicted octanol–water partition coefficient (Wildman–Crippen LogP) is 5.05. The SMILES string of the molecule is COc1cccc([C@@H]2CC(=O)Nc3c(-c4ccc(F)cc4)csc32)c1OC. The maximum atomic E-state index is 13.3. The normalized spacial score (nSPS) is 15.8. The fourth-order valence-electron chi connectivity index (χ4n) is 3.51. The van der Waals surface area contributed by atoms with Crippen molar-refractivity contribution in [1.82, 2.24) is 0 Å². The predicted molar refractivity (Wildman–Crippen MR) is 104 cm³/mol. The first-order chi connectivity index (χ1) is 13.1. The lowest BCUT2D eigenvalue weighted by molar-refractivity contribution is -0.116. The minimum Gasteiger partial charge on any atom is -0.493 e. The molecule has 6 heteroatoms. The van der Waals surface area contributed by atoms with Crippen molar-refractivity contribution in [2.24, 2.45) is 0 Å². The molecule has 0 unspecified atom stereocenters. The third-order valence-electron chi connectivity index (χ3n) is 4.75. The van der Waals surface area contributed by atoms with Gasteiger partial charge in [-0.1, -0.05) is 24.3 Å². The average Bonchev–Trinajstić information content (AvgIpc) is 3.11. The second-order valence-electron chi connectivity index (χ2n) is 6.28. The van der Waals surface area contributed by atoms with Gasteiger partial charge >= 0.3 is 0 Å². The van der Waals surface area contributed by atoms with Gasteiger partial charge in [-0.25, -0.2) is 4.39 Å². The van der Waals surface area contributed by atoms with Gasteiger partial charge in [0.25, 0.3) is 0 Å². The molecular weight excluding hydrogens is 365 g/mol. The van der Waals surface area contributed by atoms with Crippen LogP contribution in [0.25, 0.3) is 11.1 Å². The highest BCUT2D eigenvalue weighted by Gasteiger charge is 2.32. The second-order valence-corrected chi connectivity index (χ2v) is 7.19. The molecule has 3 aromatic rings. The summed E-state index contributed by atoms with van der Waals surface area (Å²) in [5, 5.41) is 5.00. The van der Waals surface area contributed by atoms with Crippen LogP contribution in [0.15, 0.2) is 47.8 Å². The summed E-state index contributed by atoms with van der Waals surface area (Å²) in [7, 11) is 3.20. The molecule has 1 amide bonds. The molecule has 1 N–H and O–H groups in total. The number of fused-ring (bicyclic) bond motifs is 1. The number of anilines is 1. The lowest BCUT2D eigenvalue weighted by atomic mass is 9.88. The summed E-state index contributed by atoms with van der Waals surface area (Å²) >= 11 is 1.58. The lowest BCUT2D eigenvalue weighted by Gasteiger charge is -2.25. The van der Waals surface area contributed by atoms with Crippen LogP contribution in [-0.2, 0) is 4.79 Å².